The van der Waals surface area contributed by atoms with E-state index >= 15 is 0 Å². The third kappa shape index (κ3) is 6.04. The molecule has 0 aliphatic heterocycles. The van der Waals surface area contributed by atoms with Crippen molar-refractivity contribution in [2.24, 2.45) is 5.92 Å². The highest BCUT2D eigenvalue weighted by atomic mass is 32.2. The SMILES string of the molecule is Cc1ccc(S(=O)(=O)NNC(=O)c2ccc(OCCC(C)C)cc2)cc1F. The van der Waals surface area contributed by atoms with Crippen LogP contribution in [0.2, 0.25) is 0 Å². The maximum atomic E-state index is 13.6. The number of rotatable bonds is 8. The molecule has 0 unspecified atom stereocenters. The summed E-state index contributed by atoms with van der Waals surface area (Å²) in [7, 11) is -4.08. The first-order valence-corrected chi connectivity index (χ1v) is 9.98. The van der Waals surface area contributed by atoms with Gasteiger partial charge in [0.2, 0.25) is 0 Å². The fourth-order valence-electron chi connectivity index (χ4n) is 2.10. The van der Waals surface area contributed by atoms with Crippen LogP contribution in [0.3, 0.4) is 0 Å². The molecule has 2 aromatic rings. The Balaban J connectivity index is 1.95. The van der Waals surface area contributed by atoms with Gasteiger partial charge in [0.25, 0.3) is 15.9 Å². The first-order chi connectivity index (χ1) is 12.7. The zero-order valence-electron chi connectivity index (χ0n) is 15.5. The second-order valence-corrected chi connectivity index (χ2v) is 8.21. The van der Waals surface area contributed by atoms with Gasteiger partial charge in [-0.25, -0.2) is 12.8 Å². The highest BCUT2D eigenvalue weighted by molar-refractivity contribution is 7.89. The van der Waals surface area contributed by atoms with Gasteiger partial charge in [-0.2, -0.15) is 0 Å². The quantitative estimate of drug-likeness (QED) is 0.674. The summed E-state index contributed by atoms with van der Waals surface area (Å²) >= 11 is 0. The van der Waals surface area contributed by atoms with Crippen molar-refractivity contribution in [2.45, 2.75) is 32.1 Å². The Morgan fingerprint density at radius 2 is 1.81 bits per heavy atom. The van der Waals surface area contributed by atoms with Crippen LogP contribution < -0.4 is 15.0 Å². The minimum absolute atomic E-state index is 0.254. The van der Waals surface area contributed by atoms with Crippen LogP contribution in [0, 0.1) is 18.7 Å². The van der Waals surface area contributed by atoms with E-state index in [-0.39, 0.29) is 10.5 Å². The van der Waals surface area contributed by atoms with Gasteiger partial charge in [0, 0.05) is 5.56 Å². The third-order valence-electron chi connectivity index (χ3n) is 3.83. The van der Waals surface area contributed by atoms with E-state index in [0.29, 0.717) is 23.8 Å². The van der Waals surface area contributed by atoms with E-state index in [1.165, 1.54) is 31.2 Å². The molecule has 0 fully saturated rings. The van der Waals surface area contributed by atoms with Gasteiger partial charge in [-0.1, -0.05) is 19.9 Å². The Morgan fingerprint density at radius 3 is 2.41 bits per heavy atom. The lowest BCUT2D eigenvalue weighted by Gasteiger charge is -2.10. The summed E-state index contributed by atoms with van der Waals surface area (Å²) in [6.07, 6.45) is 0.920. The van der Waals surface area contributed by atoms with Crippen LogP contribution in [0.15, 0.2) is 47.4 Å². The number of carbonyl (C=O) groups excluding carboxylic acids is 1. The van der Waals surface area contributed by atoms with Crippen LogP contribution in [-0.2, 0) is 10.0 Å². The molecule has 146 valence electrons. The van der Waals surface area contributed by atoms with Crippen molar-refractivity contribution < 1.29 is 22.3 Å². The van der Waals surface area contributed by atoms with Crippen molar-refractivity contribution in [3.05, 3.63) is 59.4 Å². The predicted molar refractivity (Wildman–Crippen MR) is 100 cm³/mol. The molecule has 0 radical (unpaired) electrons. The number of hydrazine groups is 1. The minimum atomic E-state index is -4.08. The molecular formula is C19H23FN2O4S. The zero-order chi connectivity index (χ0) is 20.0. The molecule has 8 heteroatoms. The number of hydrogen-bond acceptors (Lipinski definition) is 4. The summed E-state index contributed by atoms with van der Waals surface area (Å²) in [5.74, 6) is -0.120. The number of halogens is 1. The average Bonchev–Trinajstić information content (AvgIpc) is 2.62. The van der Waals surface area contributed by atoms with E-state index < -0.39 is 21.7 Å². The summed E-state index contributed by atoms with van der Waals surface area (Å²) in [4.78, 5) is 13.8. The number of aryl methyl sites for hydroxylation is 1. The summed E-state index contributed by atoms with van der Waals surface area (Å²) in [6.45, 7) is 6.30. The molecule has 0 aliphatic rings. The Hall–Kier alpha value is -2.45. The van der Waals surface area contributed by atoms with Crippen molar-refractivity contribution in [3.8, 4) is 5.75 Å². The average molecular weight is 394 g/mol. The van der Waals surface area contributed by atoms with Gasteiger partial charge in [0.1, 0.15) is 11.6 Å². The molecule has 2 N–H and O–H groups in total. The zero-order valence-corrected chi connectivity index (χ0v) is 16.3. The molecule has 0 atom stereocenters. The van der Waals surface area contributed by atoms with Crippen molar-refractivity contribution in [3.63, 3.8) is 0 Å². The molecular weight excluding hydrogens is 371 g/mol. The van der Waals surface area contributed by atoms with Gasteiger partial charge in [-0.05, 0) is 61.2 Å². The van der Waals surface area contributed by atoms with Crippen molar-refractivity contribution in [1.29, 1.82) is 0 Å². The van der Waals surface area contributed by atoms with Crippen molar-refractivity contribution in [2.75, 3.05) is 6.61 Å². The normalized spacial score (nSPS) is 11.4. The number of hydrogen-bond donors (Lipinski definition) is 2. The maximum absolute atomic E-state index is 13.6. The fraction of sp³-hybridized carbons (Fsp3) is 0.316. The molecule has 2 aromatic carbocycles. The number of amides is 1. The second-order valence-electron chi connectivity index (χ2n) is 6.53. The van der Waals surface area contributed by atoms with Gasteiger partial charge in [0.15, 0.2) is 0 Å². The first kappa shape index (κ1) is 20.9. The molecule has 0 aromatic heterocycles. The van der Waals surface area contributed by atoms with Crippen molar-refractivity contribution >= 4 is 15.9 Å². The van der Waals surface area contributed by atoms with Crippen LogP contribution >= 0.6 is 0 Å². The van der Waals surface area contributed by atoms with E-state index in [0.717, 1.165) is 12.5 Å². The molecule has 2 rings (SSSR count). The number of ether oxygens (including phenoxy) is 1. The third-order valence-corrected chi connectivity index (χ3v) is 5.08. The summed E-state index contributed by atoms with van der Waals surface area (Å²) < 4.78 is 43.4. The summed E-state index contributed by atoms with van der Waals surface area (Å²) in [5, 5.41) is 0. The summed E-state index contributed by atoms with van der Waals surface area (Å²) in [5.41, 5.74) is 2.69. The maximum Gasteiger partial charge on any atom is 0.266 e. The number of benzene rings is 2. The van der Waals surface area contributed by atoms with Crippen LogP contribution in [0.5, 0.6) is 5.75 Å². The molecule has 0 spiro atoms. The number of nitrogens with one attached hydrogen (secondary N) is 2. The van der Waals surface area contributed by atoms with E-state index in [4.69, 9.17) is 4.74 Å². The first-order valence-electron chi connectivity index (χ1n) is 8.50. The molecule has 0 saturated heterocycles. The minimum Gasteiger partial charge on any atom is -0.494 e. The Morgan fingerprint density at radius 1 is 1.15 bits per heavy atom. The largest absolute Gasteiger partial charge is 0.494 e. The smallest absolute Gasteiger partial charge is 0.266 e. The van der Waals surface area contributed by atoms with Gasteiger partial charge in [-0.3, -0.25) is 10.2 Å². The van der Waals surface area contributed by atoms with E-state index in [1.807, 2.05) is 4.83 Å². The molecule has 0 bridgehead atoms. The monoisotopic (exact) mass is 394 g/mol. The number of sulfonamides is 1. The van der Waals surface area contributed by atoms with E-state index in [2.05, 4.69) is 19.3 Å². The molecule has 0 saturated carbocycles. The molecule has 6 nitrogen and oxygen atoms in total. The number of carbonyl (C=O) groups is 1. The lowest BCUT2D eigenvalue weighted by molar-refractivity contribution is 0.0945. The van der Waals surface area contributed by atoms with Crippen LogP contribution in [-0.4, -0.2) is 20.9 Å². The highest BCUT2D eigenvalue weighted by Crippen LogP contribution is 2.15. The standard InChI is InChI=1S/C19H23FN2O4S/c1-13(2)10-11-26-16-7-5-15(6-8-16)19(23)21-22-27(24,25)17-9-4-14(3)18(20)12-17/h4-9,12-13,22H,10-11H2,1-3H3,(H,21,23). The van der Waals surface area contributed by atoms with Gasteiger partial charge in [-0.15, -0.1) is 4.83 Å². The van der Waals surface area contributed by atoms with Crippen molar-refractivity contribution in [1.82, 2.24) is 10.3 Å². The van der Waals surface area contributed by atoms with E-state index in [1.54, 1.807) is 12.1 Å². The topological polar surface area (TPSA) is 84.5 Å². The summed E-state index contributed by atoms with van der Waals surface area (Å²) in [6, 6.07) is 9.84. The molecule has 1 amide bonds. The molecule has 0 heterocycles. The van der Waals surface area contributed by atoms with Crippen LogP contribution in [0.25, 0.3) is 0 Å². The highest BCUT2D eigenvalue weighted by Gasteiger charge is 2.17. The Bertz CT molecular complexity index is 896. The van der Waals surface area contributed by atoms with Crippen LogP contribution in [0.4, 0.5) is 4.39 Å². The second kappa shape index (κ2) is 8.96. The predicted octanol–water partition coefficient (Wildman–Crippen LogP) is 3.18. The molecule has 27 heavy (non-hydrogen) atoms. The van der Waals surface area contributed by atoms with Gasteiger partial charge in [0.05, 0.1) is 11.5 Å². The Kier molecular flexibility index (Phi) is 6.92. The fourth-order valence-corrected chi connectivity index (χ4v) is 2.95. The lowest BCUT2D eigenvalue weighted by Crippen LogP contribution is -2.41. The van der Waals surface area contributed by atoms with E-state index in [9.17, 15) is 17.6 Å². The molecule has 0 aliphatic carbocycles. The van der Waals surface area contributed by atoms with Gasteiger partial charge < -0.3 is 4.74 Å². The lowest BCUT2D eigenvalue weighted by atomic mass is 10.1. The van der Waals surface area contributed by atoms with Gasteiger partial charge >= 0.3 is 0 Å². The Labute approximate surface area is 158 Å². The van der Waals surface area contributed by atoms with Crippen LogP contribution in [0.1, 0.15) is 36.2 Å².